The van der Waals surface area contributed by atoms with E-state index in [9.17, 15) is 8.42 Å². The Morgan fingerprint density at radius 1 is 0.963 bits per heavy atom. The molecule has 1 fully saturated rings. The van der Waals surface area contributed by atoms with Crippen LogP contribution in [0.15, 0.2) is 29.4 Å². The molecule has 0 saturated carbocycles. The number of benzene rings is 1. The van der Waals surface area contributed by atoms with Gasteiger partial charge in [0.1, 0.15) is 16.4 Å². The molecule has 8 nitrogen and oxygen atoms in total. The fourth-order valence-electron chi connectivity index (χ4n) is 3.93. The van der Waals surface area contributed by atoms with Crippen LogP contribution in [-0.2, 0) is 22.9 Å². The Hall–Kier alpha value is -2.39. The van der Waals surface area contributed by atoms with Crippen molar-refractivity contribution in [2.75, 3.05) is 44.3 Å². The lowest BCUT2D eigenvalue weighted by Crippen LogP contribution is -2.49. The lowest BCUT2D eigenvalue weighted by Gasteiger charge is -2.34. The quantitative estimate of drug-likeness (QED) is 0.771. The first-order valence-corrected chi connectivity index (χ1v) is 10.5. The van der Waals surface area contributed by atoms with Crippen molar-refractivity contribution >= 4 is 16.0 Å². The molecule has 1 aromatic heterocycles. The highest BCUT2D eigenvalue weighted by Crippen LogP contribution is 2.44. The van der Waals surface area contributed by atoms with Crippen molar-refractivity contribution in [1.82, 2.24) is 14.3 Å². The first-order chi connectivity index (χ1) is 13.1. The minimum atomic E-state index is -3.66. The normalized spacial score (nSPS) is 19.3. The molecule has 3 aliphatic heterocycles. The monoisotopic (exact) mass is 388 g/mol. The molecule has 0 atom stereocenters. The van der Waals surface area contributed by atoms with Gasteiger partial charge in [0.2, 0.25) is 16.0 Å². The molecule has 0 amide bonds. The number of rotatable bonds is 3. The van der Waals surface area contributed by atoms with Crippen molar-refractivity contribution < 1.29 is 17.9 Å². The van der Waals surface area contributed by atoms with E-state index in [1.165, 1.54) is 0 Å². The molecule has 0 bridgehead atoms. The first kappa shape index (κ1) is 16.8. The molecule has 1 aromatic carbocycles. The standard InChI is InChI=1S/C18H20N4O4S/c23-27(24,22-8-6-21(7-9-22)18-19-4-1-5-20-18)17-14-3-11-25-15(14)12-13-2-10-26-16(13)17/h1,4-5,12H,2-3,6-11H2. The largest absolute Gasteiger partial charge is 0.493 e. The summed E-state index contributed by atoms with van der Waals surface area (Å²) in [5, 5.41) is 0. The van der Waals surface area contributed by atoms with E-state index in [1.54, 1.807) is 22.8 Å². The Kier molecular flexibility index (Phi) is 3.94. The second-order valence-electron chi connectivity index (χ2n) is 6.81. The Morgan fingerprint density at radius 3 is 2.48 bits per heavy atom. The molecule has 0 unspecified atom stereocenters. The molecule has 4 heterocycles. The van der Waals surface area contributed by atoms with Gasteiger partial charge < -0.3 is 14.4 Å². The fourth-order valence-corrected chi connectivity index (χ4v) is 5.77. The van der Waals surface area contributed by atoms with Crippen LogP contribution in [0, 0.1) is 0 Å². The van der Waals surface area contributed by atoms with Crippen LogP contribution in [0.5, 0.6) is 11.5 Å². The third-order valence-electron chi connectivity index (χ3n) is 5.27. The summed E-state index contributed by atoms with van der Waals surface area (Å²) >= 11 is 0. The number of fused-ring (bicyclic) bond motifs is 2. The van der Waals surface area contributed by atoms with Crippen LogP contribution in [0.3, 0.4) is 0 Å². The van der Waals surface area contributed by atoms with E-state index in [2.05, 4.69) is 9.97 Å². The molecule has 27 heavy (non-hydrogen) atoms. The molecular formula is C18H20N4O4S. The summed E-state index contributed by atoms with van der Waals surface area (Å²) in [5.74, 6) is 1.84. The van der Waals surface area contributed by atoms with Gasteiger partial charge in [-0.05, 0) is 12.1 Å². The summed E-state index contributed by atoms with van der Waals surface area (Å²) in [5.41, 5.74) is 1.68. The van der Waals surface area contributed by atoms with Crippen molar-refractivity contribution in [3.8, 4) is 11.5 Å². The highest BCUT2D eigenvalue weighted by atomic mass is 32.2. The van der Waals surface area contributed by atoms with Gasteiger partial charge in [-0.3, -0.25) is 0 Å². The molecule has 2 aromatic rings. The molecule has 0 N–H and O–H groups in total. The number of aromatic nitrogens is 2. The second kappa shape index (κ2) is 6.35. The zero-order valence-corrected chi connectivity index (χ0v) is 15.6. The van der Waals surface area contributed by atoms with Crippen LogP contribution >= 0.6 is 0 Å². The SMILES string of the molecule is O=S(=O)(c1c2c(cc3c1OCC3)OCC2)N1CCN(c2ncccn2)CC1. The average Bonchev–Trinajstić information content (AvgIpc) is 3.35. The Balaban J connectivity index is 1.45. The lowest BCUT2D eigenvalue weighted by molar-refractivity contribution is 0.342. The van der Waals surface area contributed by atoms with Gasteiger partial charge in [0.05, 0.1) is 13.2 Å². The molecule has 1 saturated heterocycles. The van der Waals surface area contributed by atoms with Crippen LogP contribution in [0.4, 0.5) is 5.95 Å². The van der Waals surface area contributed by atoms with E-state index in [0.29, 0.717) is 74.6 Å². The number of ether oxygens (including phenoxy) is 2. The van der Waals surface area contributed by atoms with Crippen LogP contribution in [0.2, 0.25) is 0 Å². The van der Waals surface area contributed by atoms with Gasteiger partial charge in [0.15, 0.2) is 0 Å². The van der Waals surface area contributed by atoms with Crippen molar-refractivity contribution in [3.63, 3.8) is 0 Å². The van der Waals surface area contributed by atoms with Gasteiger partial charge in [0.25, 0.3) is 0 Å². The summed E-state index contributed by atoms with van der Waals surface area (Å²) < 4.78 is 39.9. The topological polar surface area (TPSA) is 84.9 Å². The van der Waals surface area contributed by atoms with Crippen molar-refractivity contribution in [3.05, 3.63) is 35.7 Å². The van der Waals surface area contributed by atoms with Crippen LogP contribution in [0.1, 0.15) is 11.1 Å². The summed E-state index contributed by atoms with van der Waals surface area (Å²) in [6, 6.07) is 3.71. The van der Waals surface area contributed by atoms with Crippen LogP contribution < -0.4 is 14.4 Å². The molecule has 9 heteroatoms. The summed E-state index contributed by atoms with van der Waals surface area (Å²) in [7, 11) is -3.66. The predicted octanol–water partition coefficient (Wildman–Crippen LogP) is 0.857. The number of hydrogen-bond acceptors (Lipinski definition) is 7. The van der Waals surface area contributed by atoms with E-state index in [-0.39, 0.29) is 0 Å². The number of hydrogen-bond donors (Lipinski definition) is 0. The zero-order valence-electron chi connectivity index (χ0n) is 14.8. The predicted molar refractivity (Wildman–Crippen MR) is 97.8 cm³/mol. The van der Waals surface area contributed by atoms with Crippen molar-refractivity contribution in [2.45, 2.75) is 17.7 Å². The highest BCUT2D eigenvalue weighted by molar-refractivity contribution is 7.89. The summed E-state index contributed by atoms with van der Waals surface area (Å²) in [6.07, 6.45) is 4.70. The molecule has 0 aliphatic carbocycles. The second-order valence-corrected chi connectivity index (χ2v) is 8.68. The summed E-state index contributed by atoms with van der Waals surface area (Å²) in [6.45, 7) is 2.91. The Morgan fingerprint density at radius 2 is 1.70 bits per heavy atom. The van der Waals surface area contributed by atoms with Gasteiger partial charge in [0, 0.05) is 62.5 Å². The van der Waals surface area contributed by atoms with Crippen LogP contribution in [-0.4, -0.2) is 62.1 Å². The minimum Gasteiger partial charge on any atom is -0.493 e. The van der Waals surface area contributed by atoms with Gasteiger partial charge >= 0.3 is 0 Å². The van der Waals surface area contributed by atoms with Crippen molar-refractivity contribution in [2.24, 2.45) is 0 Å². The maximum absolute atomic E-state index is 13.5. The third-order valence-corrected chi connectivity index (χ3v) is 7.27. The smallest absolute Gasteiger partial charge is 0.247 e. The Bertz CT molecular complexity index is 940. The number of nitrogens with zero attached hydrogens (tertiary/aromatic N) is 4. The molecule has 0 radical (unpaired) electrons. The minimum absolute atomic E-state index is 0.314. The van der Waals surface area contributed by atoms with E-state index in [1.807, 2.05) is 11.0 Å². The van der Waals surface area contributed by atoms with Crippen molar-refractivity contribution in [1.29, 1.82) is 0 Å². The first-order valence-electron chi connectivity index (χ1n) is 9.11. The number of anilines is 1. The van der Waals surface area contributed by atoms with Gasteiger partial charge in [-0.25, -0.2) is 18.4 Å². The van der Waals surface area contributed by atoms with Gasteiger partial charge in [-0.1, -0.05) is 0 Å². The highest BCUT2D eigenvalue weighted by Gasteiger charge is 2.38. The summed E-state index contributed by atoms with van der Waals surface area (Å²) in [4.78, 5) is 10.8. The number of sulfonamides is 1. The maximum atomic E-state index is 13.5. The molecule has 3 aliphatic rings. The molecule has 0 spiro atoms. The lowest BCUT2D eigenvalue weighted by atomic mass is 10.1. The van der Waals surface area contributed by atoms with E-state index >= 15 is 0 Å². The fraction of sp³-hybridized carbons (Fsp3) is 0.444. The number of piperazine rings is 1. The van der Waals surface area contributed by atoms with Gasteiger partial charge in [-0.15, -0.1) is 0 Å². The van der Waals surface area contributed by atoms with Crippen LogP contribution in [0.25, 0.3) is 0 Å². The van der Waals surface area contributed by atoms with E-state index < -0.39 is 10.0 Å². The van der Waals surface area contributed by atoms with E-state index in [0.717, 1.165) is 11.1 Å². The molecular weight excluding hydrogens is 368 g/mol. The zero-order chi connectivity index (χ0) is 18.4. The Labute approximate surface area is 157 Å². The maximum Gasteiger partial charge on any atom is 0.247 e. The third kappa shape index (κ3) is 2.72. The average molecular weight is 388 g/mol. The molecule has 5 rings (SSSR count). The van der Waals surface area contributed by atoms with Gasteiger partial charge in [-0.2, -0.15) is 4.31 Å². The molecule has 142 valence electrons. The van der Waals surface area contributed by atoms with E-state index in [4.69, 9.17) is 9.47 Å².